The smallest absolute Gasteiger partial charge is 0.271 e. The average Bonchev–Trinajstić information content (AvgIpc) is 2.79. The quantitative estimate of drug-likeness (QED) is 0.194. The molecule has 0 aromatic heterocycles. The van der Waals surface area contributed by atoms with Gasteiger partial charge in [0.15, 0.2) is 0 Å². The van der Waals surface area contributed by atoms with E-state index >= 15 is 0 Å². The molecule has 4 aromatic rings. The lowest BCUT2D eigenvalue weighted by Gasteiger charge is -2.12. The van der Waals surface area contributed by atoms with Crippen LogP contribution >= 0.6 is 43.5 Å². The SMILES string of the molecule is O=C(N/N=C\c1cc(Br)c(OCc2ccccc2Cl)c(Br)c1)c1ccc2ccccc2c1. The first-order valence-corrected chi connectivity index (χ1v) is 11.6. The molecule has 0 bridgehead atoms. The van der Waals surface area contributed by atoms with E-state index in [4.69, 9.17) is 16.3 Å². The van der Waals surface area contributed by atoms with Gasteiger partial charge in [-0.2, -0.15) is 5.10 Å². The summed E-state index contributed by atoms with van der Waals surface area (Å²) in [6.07, 6.45) is 1.58. The molecule has 4 aromatic carbocycles. The van der Waals surface area contributed by atoms with Crippen molar-refractivity contribution in [3.63, 3.8) is 0 Å². The highest BCUT2D eigenvalue weighted by Gasteiger charge is 2.10. The molecule has 4 nitrogen and oxygen atoms in total. The van der Waals surface area contributed by atoms with Crippen molar-refractivity contribution in [2.75, 3.05) is 0 Å². The topological polar surface area (TPSA) is 50.7 Å². The summed E-state index contributed by atoms with van der Waals surface area (Å²) in [5, 5.41) is 6.84. The van der Waals surface area contributed by atoms with Crippen LogP contribution in [0.25, 0.3) is 10.8 Å². The zero-order valence-corrected chi connectivity index (χ0v) is 20.6. The number of amides is 1. The summed E-state index contributed by atoms with van der Waals surface area (Å²) in [6.45, 7) is 0.339. The zero-order chi connectivity index (χ0) is 22.5. The van der Waals surface area contributed by atoms with Crippen LogP contribution in [0.5, 0.6) is 5.75 Å². The maximum absolute atomic E-state index is 12.4. The Kier molecular flexibility index (Phi) is 7.25. The van der Waals surface area contributed by atoms with E-state index in [-0.39, 0.29) is 5.91 Å². The molecule has 0 saturated carbocycles. The molecular weight excluding hydrogens is 556 g/mol. The van der Waals surface area contributed by atoms with E-state index in [2.05, 4.69) is 42.4 Å². The van der Waals surface area contributed by atoms with E-state index in [1.54, 1.807) is 12.3 Å². The summed E-state index contributed by atoms with van der Waals surface area (Å²) < 4.78 is 7.43. The van der Waals surface area contributed by atoms with Crippen molar-refractivity contribution in [1.82, 2.24) is 5.43 Å². The number of carbonyl (C=O) groups is 1. The summed E-state index contributed by atoms with van der Waals surface area (Å²) in [7, 11) is 0. The third-order valence-electron chi connectivity index (χ3n) is 4.74. The van der Waals surface area contributed by atoms with Gasteiger partial charge in [-0.25, -0.2) is 5.43 Å². The molecule has 7 heteroatoms. The molecule has 0 atom stereocenters. The molecule has 0 saturated heterocycles. The Labute approximate surface area is 207 Å². The molecule has 0 aliphatic heterocycles. The van der Waals surface area contributed by atoms with Crippen LogP contribution in [0, 0.1) is 0 Å². The fraction of sp³-hybridized carbons (Fsp3) is 0.0400. The maximum Gasteiger partial charge on any atom is 0.271 e. The number of halogens is 3. The number of ether oxygens (including phenoxy) is 1. The standard InChI is InChI=1S/C25H17Br2ClN2O2/c26-21-11-16(12-22(27)24(21)32-15-20-7-3-4-8-23(20)28)14-29-30-25(31)19-10-9-17-5-1-2-6-18(17)13-19/h1-14H,15H2,(H,30,31)/b29-14-. The Balaban J connectivity index is 1.42. The van der Waals surface area contributed by atoms with Gasteiger partial charge in [-0.1, -0.05) is 60.1 Å². The number of hydrogen-bond donors (Lipinski definition) is 1. The minimum Gasteiger partial charge on any atom is -0.486 e. The third-order valence-corrected chi connectivity index (χ3v) is 6.29. The predicted octanol–water partition coefficient (Wildman–Crippen LogP) is 7.36. The van der Waals surface area contributed by atoms with Crippen molar-refractivity contribution < 1.29 is 9.53 Å². The van der Waals surface area contributed by atoms with Gasteiger partial charge in [0.2, 0.25) is 0 Å². The highest BCUT2D eigenvalue weighted by Crippen LogP contribution is 2.35. The number of nitrogens with zero attached hydrogens (tertiary/aromatic N) is 1. The molecule has 1 amide bonds. The molecule has 4 rings (SSSR count). The first-order valence-electron chi connectivity index (χ1n) is 9.69. The summed E-state index contributed by atoms with van der Waals surface area (Å²) in [6, 6.07) is 24.7. The van der Waals surface area contributed by atoms with E-state index < -0.39 is 0 Å². The average molecular weight is 573 g/mol. The first-order chi connectivity index (χ1) is 15.5. The molecule has 160 valence electrons. The van der Waals surface area contributed by atoms with Gasteiger partial charge >= 0.3 is 0 Å². The van der Waals surface area contributed by atoms with E-state index in [0.29, 0.717) is 22.9 Å². The van der Waals surface area contributed by atoms with E-state index in [1.165, 1.54) is 0 Å². The highest BCUT2D eigenvalue weighted by atomic mass is 79.9. The van der Waals surface area contributed by atoms with Crippen molar-refractivity contribution in [2.24, 2.45) is 5.10 Å². The van der Waals surface area contributed by atoms with Crippen molar-refractivity contribution in [3.05, 3.63) is 110 Å². The van der Waals surface area contributed by atoms with Crippen LogP contribution in [-0.4, -0.2) is 12.1 Å². The van der Waals surface area contributed by atoms with Crippen LogP contribution in [0.15, 0.2) is 92.9 Å². The fourth-order valence-electron chi connectivity index (χ4n) is 3.12. The molecule has 0 heterocycles. The summed E-state index contributed by atoms with van der Waals surface area (Å²) in [5.74, 6) is 0.382. The number of hydrogen-bond acceptors (Lipinski definition) is 3. The van der Waals surface area contributed by atoms with Crippen LogP contribution < -0.4 is 10.2 Å². The number of carbonyl (C=O) groups excluding carboxylic acids is 1. The molecule has 0 spiro atoms. The minimum atomic E-state index is -0.273. The minimum absolute atomic E-state index is 0.273. The monoisotopic (exact) mass is 570 g/mol. The molecule has 0 fully saturated rings. The van der Waals surface area contributed by atoms with Crippen LogP contribution in [-0.2, 0) is 6.61 Å². The molecule has 0 radical (unpaired) electrons. The van der Waals surface area contributed by atoms with Gasteiger partial charge in [0, 0.05) is 16.1 Å². The maximum atomic E-state index is 12.4. The molecule has 1 N–H and O–H groups in total. The van der Waals surface area contributed by atoms with Crippen LogP contribution in [0.4, 0.5) is 0 Å². The molecular formula is C25H17Br2ClN2O2. The lowest BCUT2D eigenvalue weighted by Crippen LogP contribution is -2.17. The van der Waals surface area contributed by atoms with Crippen molar-refractivity contribution >= 4 is 66.4 Å². The highest BCUT2D eigenvalue weighted by molar-refractivity contribution is 9.11. The molecule has 0 aliphatic rings. The van der Waals surface area contributed by atoms with Gasteiger partial charge in [0.05, 0.1) is 15.2 Å². The van der Waals surface area contributed by atoms with Crippen molar-refractivity contribution in [2.45, 2.75) is 6.61 Å². The van der Waals surface area contributed by atoms with Crippen LogP contribution in [0.3, 0.4) is 0 Å². The second-order valence-corrected chi connectivity index (χ2v) is 9.07. The van der Waals surface area contributed by atoms with Crippen LogP contribution in [0.2, 0.25) is 5.02 Å². The Morgan fingerprint density at radius 1 is 0.938 bits per heavy atom. The normalized spacial score (nSPS) is 11.1. The number of hydrazone groups is 1. The second kappa shape index (κ2) is 10.3. The lowest BCUT2D eigenvalue weighted by molar-refractivity contribution is 0.0955. The fourth-order valence-corrected chi connectivity index (χ4v) is 4.76. The largest absolute Gasteiger partial charge is 0.486 e. The Morgan fingerprint density at radius 3 is 2.38 bits per heavy atom. The lowest BCUT2D eigenvalue weighted by atomic mass is 10.1. The summed E-state index contributed by atoms with van der Waals surface area (Å²) >= 11 is 13.3. The van der Waals surface area contributed by atoms with Gasteiger partial charge < -0.3 is 4.74 Å². The summed E-state index contributed by atoms with van der Waals surface area (Å²) in [5.41, 5.74) is 4.80. The molecule has 0 aliphatic carbocycles. The van der Waals surface area contributed by atoms with Gasteiger partial charge in [-0.15, -0.1) is 0 Å². The van der Waals surface area contributed by atoms with E-state index in [1.807, 2.05) is 72.8 Å². The number of nitrogens with one attached hydrogen (secondary N) is 1. The predicted molar refractivity (Wildman–Crippen MR) is 137 cm³/mol. The summed E-state index contributed by atoms with van der Waals surface area (Å²) in [4.78, 5) is 12.4. The van der Waals surface area contributed by atoms with E-state index in [9.17, 15) is 4.79 Å². The number of fused-ring (bicyclic) bond motifs is 1. The van der Waals surface area contributed by atoms with Crippen LogP contribution in [0.1, 0.15) is 21.5 Å². The number of rotatable bonds is 6. The van der Waals surface area contributed by atoms with Gasteiger partial charge in [0.1, 0.15) is 12.4 Å². The van der Waals surface area contributed by atoms with Gasteiger partial charge in [-0.3, -0.25) is 4.79 Å². The zero-order valence-electron chi connectivity index (χ0n) is 16.7. The Bertz CT molecular complexity index is 1300. The Hall–Kier alpha value is -2.67. The molecule has 0 unspecified atom stereocenters. The first kappa shape index (κ1) is 22.5. The Morgan fingerprint density at radius 2 is 1.62 bits per heavy atom. The second-order valence-electron chi connectivity index (χ2n) is 6.95. The van der Waals surface area contributed by atoms with Crippen molar-refractivity contribution in [3.8, 4) is 5.75 Å². The number of benzene rings is 4. The van der Waals surface area contributed by atoms with Crippen molar-refractivity contribution in [1.29, 1.82) is 0 Å². The molecule has 32 heavy (non-hydrogen) atoms. The van der Waals surface area contributed by atoms with E-state index in [0.717, 1.165) is 30.8 Å². The van der Waals surface area contributed by atoms with Gasteiger partial charge in [0.25, 0.3) is 5.91 Å². The van der Waals surface area contributed by atoms with Gasteiger partial charge in [-0.05, 0) is 78.5 Å². The third kappa shape index (κ3) is 5.38.